The van der Waals surface area contributed by atoms with Gasteiger partial charge in [-0.1, -0.05) is 40.0 Å². The summed E-state index contributed by atoms with van der Waals surface area (Å²) in [6.07, 6.45) is 1.59. The van der Waals surface area contributed by atoms with E-state index in [1.54, 1.807) is 0 Å². The van der Waals surface area contributed by atoms with Crippen molar-refractivity contribution < 1.29 is 33.2 Å². The number of esters is 1. The van der Waals surface area contributed by atoms with Crippen molar-refractivity contribution in [1.29, 1.82) is 0 Å². The predicted octanol–water partition coefficient (Wildman–Crippen LogP) is 3.78. The van der Waals surface area contributed by atoms with E-state index in [0.717, 1.165) is 25.7 Å². The zero-order valence-electron chi connectivity index (χ0n) is 18.9. The molecule has 168 valence electrons. The third-order valence-corrected chi connectivity index (χ3v) is 5.90. The molecule has 0 radical (unpaired) electrons. The molecule has 3 saturated heterocycles. The average Bonchev–Trinajstić information content (AvgIpc) is 3.21. The van der Waals surface area contributed by atoms with Gasteiger partial charge < -0.3 is 28.4 Å². The molecule has 7 heteroatoms. The molecule has 3 aliphatic rings. The summed E-state index contributed by atoms with van der Waals surface area (Å²) in [7, 11) is 0. The summed E-state index contributed by atoms with van der Waals surface area (Å²) >= 11 is 0. The highest BCUT2D eigenvalue weighted by Gasteiger charge is 2.60. The van der Waals surface area contributed by atoms with Gasteiger partial charge in [-0.15, -0.1) is 0 Å². The van der Waals surface area contributed by atoms with Crippen LogP contribution in [0.1, 0.15) is 74.1 Å². The van der Waals surface area contributed by atoms with Crippen molar-refractivity contribution in [1.82, 2.24) is 0 Å². The second-order valence-electron chi connectivity index (χ2n) is 9.68. The Morgan fingerprint density at radius 3 is 2.34 bits per heavy atom. The van der Waals surface area contributed by atoms with E-state index in [0.29, 0.717) is 6.61 Å². The molecule has 0 N–H and O–H groups in total. The molecule has 6 atom stereocenters. The molecular formula is C22H38O7. The summed E-state index contributed by atoms with van der Waals surface area (Å²) in [5.74, 6) is -1.61. The molecule has 3 fully saturated rings. The molecule has 3 rings (SSSR count). The predicted molar refractivity (Wildman–Crippen MR) is 106 cm³/mol. The first-order valence-electron chi connectivity index (χ1n) is 11.1. The van der Waals surface area contributed by atoms with E-state index in [-0.39, 0.29) is 23.9 Å². The normalized spacial score (nSPS) is 36.3. The van der Waals surface area contributed by atoms with Crippen LogP contribution < -0.4 is 0 Å². The van der Waals surface area contributed by atoms with Gasteiger partial charge in [-0.25, -0.2) is 0 Å². The lowest BCUT2D eigenvalue weighted by Gasteiger charge is -2.30. The zero-order valence-corrected chi connectivity index (χ0v) is 18.9. The molecule has 0 aromatic heterocycles. The van der Waals surface area contributed by atoms with Crippen LogP contribution in [0.5, 0.6) is 0 Å². The van der Waals surface area contributed by atoms with Crippen molar-refractivity contribution in [2.24, 2.45) is 11.8 Å². The maximum Gasteiger partial charge on any atom is 0.309 e. The quantitative estimate of drug-likeness (QED) is 0.442. The van der Waals surface area contributed by atoms with Crippen LogP contribution in [-0.2, 0) is 33.2 Å². The first kappa shape index (κ1) is 22.9. The third kappa shape index (κ3) is 5.31. The van der Waals surface area contributed by atoms with Crippen molar-refractivity contribution in [3.63, 3.8) is 0 Å². The molecule has 0 amide bonds. The van der Waals surface area contributed by atoms with Gasteiger partial charge in [-0.3, -0.25) is 4.79 Å². The number of fused-ring (bicyclic) bond motifs is 1. The molecule has 0 aliphatic carbocycles. The first-order chi connectivity index (χ1) is 13.5. The van der Waals surface area contributed by atoms with E-state index in [1.807, 2.05) is 27.7 Å². The summed E-state index contributed by atoms with van der Waals surface area (Å²) in [5.41, 5.74) is 0. The molecule has 0 spiro atoms. The second-order valence-corrected chi connectivity index (χ2v) is 9.68. The molecule has 0 bridgehead atoms. The first-order valence-corrected chi connectivity index (χ1v) is 11.1. The van der Waals surface area contributed by atoms with E-state index in [2.05, 4.69) is 20.8 Å². The van der Waals surface area contributed by atoms with Crippen LogP contribution in [0.3, 0.4) is 0 Å². The van der Waals surface area contributed by atoms with Gasteiger partial charge in [0.1, 0.15) is 12.2 Å². The van der Waals surface area contributed by atoms with Crippen molar-refractivity contribution in [3.8, 4) is 0 Å². The Labute approximate surface area is 174 Å². The maximum atomic E-state index is 13.1. The van der Waals surface area contributed by atoms with Crippen LogP contribution in [0.2, 0.25) is 0 Å². The van der Waals surface area contributed by atoms with Gasteiger partial charge in [0.05, 0.1) is 12.5 Å². The Hall–Kier alpha value is -0.730. The Kier molecular flexibility index (Phi) is 6.95. The number of hydrogen-bond donors (Lipinski definition) is 0. The maximum absolute atomic E-state index is 13.1. The van der Waals surface area contributed by atoms with Crippen molar-refractivity contribution in [2.45, 2.75) is 116 Å². The molecular weight excluding hydrogens is 376 g/mol. The van der Waals surface area contributed by atoms with Crippen LogP contribution in [-0.4, -0.2) is 54.9 Å². The van der Waals surface area contributed by atoms with Gasteiger partial charge in [0, 0.05) is 0 Å². The Balaban J connectivity index is 1.73. The van der Waals surface area contributed by atoms with Crippen LogP contribution in [0.15, 0.2) is 0 Å². The highest BCUT2D eigenvalue weighted by molar-refractivity contribution is 5.73. The number of rotatable bonds is 8. The number of carbonyl (C=O) groups excluding carboxylic acids is 1. The lowest BCUT2D eigenvalue weighted by atomic mass is 9.90. The SMILES string of the molecule is CCCCC[C@@H](C(=O)O[C@@H]1[C@H]2OC(C)(C)O[C@H]2O[C@@H]1[C@H]1COC(C)(C)O1)C(C)C. The molecule has 0 unspecified atom stereocenters. The largest absolute Gasteiger partial charge is 0.456 e. The van der Waals surface area contributed by atoms with E-state index >= 15 is 0 Å². The molecule has 3 heterocycles. The number of hydrogen-bond acceptors (Lipinski definition) is 7. The van der Waals surface area contributed by atoms with E-state index in [9.17, 15) is 4.79 Å². The molecule has 0 aromatic carbocycles. The lowest BCUT2D eigenvalue weighted by Crippen LogP contribution is -2.46. The van der Waals surface area contributed by atoms with Crippen molar-refractivity contribution >= 4 is 5.97 Å². The third-order valence-electron chi connectivity index (χ3n) is 5.90. The summed E-state index contributed by atoms with van der Waals surface area (Å²) in [6, 6.07) is 0. The van der Waals surface area contributed by atoms with Gasteiger partial charge >= 0.3 is 5.97 Å². The Morgan fingerprint density at radius 1 is 1.03 bits per heavy atom. The van der Waals surface area contributed by atoms with Gasteiger partial charge in [-0.2, -0.15) is 0 Å². The van der Waals surface area contributed by atoms with E-state index in [4.69, 9.17) is 28.4 Å². The Bertz CT molecular complexity index is 574. The van der Waals surface area contributed by atoms with Gasteiger partial charge in [0.25, 0.3) is 0 Å². The molecule has 29 heavy (non-hydrogen) atoms. The summed E-state index contributed by atoms with van der Waals surface area (Å²) < 4.78 is 35.8. The molecule has 3 aliphatic heterocycles. The minimum absolute atomic E-state index is 0.145. The zero-order chi connectivity index (χ0) is 21.4. The Morgan fingerprint density at radius 2 is 1.76 bits per heavy atom. The lowest BCUT2D eigenvalue weighted by molar-refractivity contribution is -0.236. The second kappa shape index (κ2) is 8.79. The number of ether oxygens (including phenoxy) is 6. The fourth-order valence-corrected chi connectivity index (χ4v) is 4.37. The highest BCUT2D eigenvalue weighted by Crippen LogP contribution is 2.42. The highest BCUT2D eigenvalue weighted by atomic mass is 16.8. The minimum atomic E-state index is -0.782. The number of unbranched alkanes of at least 4 members (excludes halogenated alkanes) is 2. The summed E-state index contributed by atoms with van der Waals surface area (Å²) in [5, 5.41) is 0. The summed E-state index contributed by atoms with van der Waals surface area (Å²) in [6.45, 7) is 14.1. The minimum Gasteiger partial charge on any atom is -0.456 e. The van der Waals surface area contributed by atoms with Crippen LogP contribution in [0.25, 0.3) is 0 Å². The van der Waals surface area contributed by atoms with E-state index < -0.39 is 36.2 Å². The monoisotopic (exact) mass is 414 g/mol. The van der Waals surface area contributed by atoms with Crippen molar-refractivity contribution in [3.05, 3.63) is 0 Å². The smallest absolute Gasteiger partial charge is 0.309 e. The molecule has 7 nitrogen and oxygen atoms in total. The van der Waals surface area contributed by atoms with Gasteiger partial charge in [-0.05, 0) is 40.0 Å². The van der Waals surface area contributed by atoms with E-state index in [1.165, 1.54) is 0 Å². The summed E-state index contributed by atoms with van der Waals surface area (Å²) in [4.78, 5) is 13.1. The van der Waals surface area contributed by atoms with Gasteiger partial charge in [0.15, 0.2) is 30.1 Å². The van der Waals surface area contributed by atoms with Crippen LogP contribution in [0, 0.1) is 11.8 Å². The fraction of sp³-hybridized carbons (Fsp3) is 0.955. The standard InChI is InChI=1S/C22H38O7/c1-8-9-10-11-14(13(2)3)19(23)25-17-16(15-12-24-21(4,5)27-15)26-20-18(17)28-22(6,7)29-20/h13-18,20H,8-12H2,1-7H3/t14-,15-,16-,17+,18-,20-/m1/s1. The molecule has 0 saturated carbocycles. The topological polar surface area (TPSA) is 72.5 Å². The average molecular weight is 415 g/mol. The van der Waals surface area contributed by atoms with Crippen LogP contribution in [0.4, 0.5) is 0 Å². The van der Waals surface area contributed by atoms with Crippen molar-refractivity contribution in [2.75, 3.05) is 6.61 Å². The molecule has 0 aromatic rings. The van der Waals surface area contributed by atoms with Gasteiger partial charge in [0.2, 0.25) is 0 Å². The number of carbonyl (C=O) groups is 1. The fourth-order valence-electron chi connectivity index (χ4n) is 4.37. The van der Waals surface area contributed by atoms with Crippen LogP contribution >= 0.6 is 0 Å².